The summed E-state index contributed by atoms with van der Waals surface area (Å²) in [6.45, 7) is 9.27. The molecule has 25 heavy (non-hydrogen) atoms. The number of rotatable bonds is 10. The molecule has 0 bridgehead atoms. The summed E-state index contributed by atoms with van der Waals surface area (Å²) in [5, 5.41) is -0.887. The average molecular weight is 391 g/mol. The molecule has 0 aromatic heterocycles. The highest BCUT2D eigenvalue weighted by Crippen LogP contribution is 2.16. The summed E-state index contributed by atoms with van der Waals surface area (Å²) < 4.78 is 52.2. The predicted molar refractivity (Wildman–Crippen MR) is 103 cm³/mol. The second-order valence-corrected chi connectivity index (χ2v) is 11.5. The fraction of sp³-hybridized carbons (Fsp3) is 0.647. The zero-order valence-corrected chi connectivity index (χ0v) is 17.2. The normalized spacial score (nSPS) is 14.2. The first-order valence-electron chi connectivity index (χ1n) is 8.51. The predicted octanol–water partition coefficient (Wildman–Crippen LogP) is 1.99. The van der Waals surface area contributed by atoms with Crippen molar-refractivity contribution >= 4 is 20.0 Å². The molecule has 1 rings (SSSR count). The maximum absolute atomic E-state index is 11.8. The highest BCUT2D eigenvalue weighted by atomic mass is 32.2. The third-order valence-corrected chi connectivity index (χ3v) is 7.76. The van der Waals surface area contributed by atoms with Crippen molar-refractivity contribution in [1.29, 1.82) is 0 Å². The average Bonchev–Trinajstić information content (AvgIpc) is 2.53. The molecule has 6 nitrogen and oxygen atoms in total. The van der Waals surface area contributed by atoms with Crippen molar-refractivity contribution in [3.05, 3.63) is 35.4 Å². The molecule has 1 aromatic carbocycles. The van der Waals surface area contributed by atoms with Crippen molar-refractivity contribution in [2.45, 2.75) is 57.5 Å². The summed E-state index contributed by atoms with van der Waals surface area (Å²) in [7, 11) is -6.49. The minimum absolute atomic E-state index is 0.0574. The van der Waals surface area contributed by atoms with Crippen molar-refractivity contribution in [2.75, 3.05) is 13.1 Å². The van der Waals surface area contributed by atoms with Gasteiger partial charge in [-0.3, -0.25) is 0 Å². The van der Waals surface area contributed by atoms with Crippen LogP contribution in [0.5, 0.6) is 0 Å². The Morgan fingerprint density at radius 3 is 1.76 bits per heavy atom. The number of hydrogen-bond acceptors (Lipinski definition) is 4. The second kappa shape index (κ2) is 9.12. The lowest BCUT2D eigenvalue weighted by Gasteiger charge is -2.15. The van der Waals surface area contributed by atoms with E-state index >= 15 is 0 Å². The Hall–Kier alpha value is -0.960. The van der Waals surface area contributed by atoms with Crippen LogP contribution in [0.4, 0.5) is 0 Å². The Morgan fingerprint density at radius 2 is 1.28 bits per heavy atom. The van der Waals surface area contributed by atoms with Crippen LogP contribution in [0.3, 0.4) is 0 Å². The molecule has 1 unspecified atom stereocenters. The molecule has 0 aliphatic rings. The molecule has 0 heterocycles. The van der Waals surface area contributed by atoms with Gasteiger partial charge in [0.05, 0.1) is 10.5 Å². The molecule has 2 N–H and O–H groups in total. The van der Waals surface area contributed by atoms with Crippen molar-refractivity contribution in [3.8, 4) is 0 Å². The fourth-order valence-corrected chi connectivity index (χ4v) is 3.58. The van der Waals surface area contributed by atoms with Crippen LogP contribution >= 0.6 is 0 Å². The van der Waals surface area contributed by atoms with Gasteiger partial charge in [-0.25, -0.2) is 26.3 Å². The Morgan fingerprint density at radius 1 is 0.800 bits per heavy atom. The lowest BCUT2D eigenvalue weighted by Crippen LogP contribution is -2.33. The first kappa shape index (κ1) is 22.1. The number of benzene rings is 1. The van der Waals surface area contributed by atoms with Crippen molar-refractivity contribution in [3.63, 3.8) is 0 Å². The van der Waals surface area contributed by atoms with Gasteiger partial charge >= 0.3 is 0 Å². The quantitative estimate of drug-likeness (QED) is 0.639. The van der Waals surface area contributed by atoms with E-state index in [1.165, 1.54) is 0 Å². The van der Waals surface area contributed by atoms with Crippen molar-refractivity contribution < 1.29 is 16.8 Å². The van der Waals surface area contributed by atoms with Crippen molar-refractivity contribution in [1.82, 2.24) is 9.44 Å². The van der Waals surface area contributed by atoms with Crippen LogP contribution in [0.25, 0.3) is 0 Å². The highest BCUT2D eigenvalue weighted by Gasteiger charge is 2.17. The summed E-state index contributed by atoms with van der Waals surface area (Å²) >= 11 is 0. The molecule has 0 fully saturated rings. The second-order valence-electron chi connectivity index (χ2n) is 6.82. The molecule has 0 amide bonds. The van der Waals surface area contributed by atoms with Crippen LogP contribution in [0.2, 0.25) is 0 Å². The zero-order chi connectivity index (χ0) is 19.3. The maximum atomic E-state index is 11.8. The molecule has 0 aliphatic carbocycles. The summed E-state index contributed by atoms with van der Waals surface area (Å²) in [5.41, 5.74) is 2.07. The van der Waals surface area contributed by atoms with Gasteiger partial charge in [-0.2, -0.15) is 0 Å². The van der Waals surface area contributed by atoms with Gasteiger partial charge in [0.2, 0.25) is 20.0 Å². The van der Waals surface area contributed by atoms with E-state index in [1.807, 2.05) is 31.2 Å². The minimum atomic E-state index is -3.26. The molecule has 1 aromatic rings. The van der Waals surface area contributed by atoms with Gasteiger partial charge < -0.3 is 0 Å². The number of hydrogen-bond donors (Lipinski definition) is 2. The van der Waals surface area contributed by atoms with Gasteiger partial charge in [-0.1, -0.05) is 31.2 Å². The molecule has 0 radical (unpaired) electrons. The molecule has 0 spiro atoms. The molecule has 8 heteroatoms. The highest BCUT2D eigenvalue weighted by molar-refractivity contribution is 7.90. The first-order chi connectivity index (χ1) is 11.5. The van der Waals surface area contributed by atoms with Crippen LogP contribution < -0.4 is 9.44 Å². The van der Waals surface area contributed by atoms with Gasteiger partial charge in [0.1, 0.15) is 0 Å². The molecule has 1 atom stereocenters. The van der Waals surface area contributed by atoms with Crippen LogP contribution in [-0.4, -0.2) is 40.4 Å². The molecule has 0 saturated heterocycles. The van der Waals surface area contributed by atoms with Gasteiger partial charge in [0.25, 0.3) is 0 Å². The molecular formula is C17H30N2O4S2. The zero-order valence-electron chi connectivity index (χ0n) is 15.6. The summed E-state index contributed by atoms with van der Waals surface area (Å²) in [4.78, 5) is 0. The van der Waals surface area contributed by atoms with E-state index in [1.54, 1.807) is 27.7 Å². The Labute approximate surface area is 152 Å². The van der Waals surface area contributed by atoms with E-state index in [2.05, 4.69) is 9.44 Å². The molecule has 144 valence electrons. The van der Waals surface area contributed by atoms with E-state index in [4.69, 9.17) is 0 Å². The topological polar surface area (TPSA) is 92.3 Å². The first-order valence-corrected chi connectivity index (χ1v) is 11.6. The standard InChI is InChI=1S/C17H30N2O4S2/c1-13(2)24(20,21)18-11-10-16-6-8-17(9-7-16)15(5)12-19-25(22,23)14(3)4/h6-9,13-15,18-19H,10-12H2,1-5H3. The summed E-state index contributed by atoms with van der Waals surface area (Å²) in [5.74, 6) is 0.0574. The number of nitrogens with one attached hydrogen (secondary N) is 2. The summed E-state index contributed by atoms with van der Waals surface area (Å²) in [6.07, 6.45) is 0.612. The Bertz CT molecular complexity index is 739. The fourth-order valence-electron chi connectivity index (χ4n) is 2.04. The van der Waals surface area contributed by atoms with E-state index in [0.29, 0.717) is 19.5 Å². The van der Waals surface area contributed by atoms with E-state index in [-0.39, 0.29) is 5.92 Å². The lowest BCUT2D eigenvalue weighted by atomic mass is 9.99. The van der Waals surface area contributed by atoms with E-state index in [0.717, 1.165) is 11.1 Å². The Kier molecular flexibility index (Phi) is 8.05. The lowest BCUT2D eigenvalue weighted by molar-refractivity contribution is 0.565. The largest absolute Gasteiger partial charge is 0.215 e. The van der Waals surface area contributed by atoms with Gasteiger partial charge in [0, 0.05) is 13.1 Å². The van der Waals surface area contributed by atoms with Crippen LogP contribution in [-0.2, 0) is 26.5 Å². The monoisotopic (exact) mass is 390 g/mol. The smallest absolute Gasteiger partial charge is 0.213 e. The van der Waals surface area contributed by atoms with Gasteiger partial charge in [0.15, 0.2) is 0 Å². The minimum Gasteiger partial charge on any atom is -0.215 e. The SMILES string of the molecule is CC(CNS(=O)(=O)C(C)C)c1ccc(CCNS(=O)(=O)C(C)C)cc1. The molecule has 0 saturated carbocycles. The van der Waals surface area contributed by atoms with Crippen molar-refractivity contribution in [2.24, 2.45) is 0 Å². The third-order valence-electron chi connectivity index (χ3n) is 4.10. The van der Waals surface area contributed by atoms with Crippen LogP contribution in [0.15, 0.2) is 24.3 Å². The summed E-state index contributed by atoms with van der Waals surface area (Å²) in [6, 6.07) is 7.82. The maximum Gasteiger partial charge on any atom is 0.213 e. The molecular weight excluding hydrogens is 360 g/mol. The Balaban J connectivity index is 2.56. The van der Waals surface area contributed by atoms with Gasteiger partial charge in [-0.15, -0.1) is 0 Å². The van der Waals surface area contributed by atoms with Gasteiger partial charge in [-0.05, 0) is 51.2 Å². The van der Waals surface area contributed by atoms with Crippen LogP contribution in [0.1, 0.15) is 51.7 Å². The number of sulfonamides is 2. The van der Waals surface area contributed by atoms with Crippen LogP contribution in [0, 0.1) is 0 Å². The van der Waals surface area contributed by atoms with E-state index in [9.17, 15) is 16.8 Å². The molecule has 0 aliphatic heterocycles. The third kappa shape index (κ3) is 7.05. The van der Waals surface area contributed by atoms with E-state index < -0.39 is 30.5 Å².